The molecule has 1 heterocycles. The first-order valence-electron chi connectivity index (χ1n) is 4.71. The van der Waals surface area contributed by atoms with Gasteiger partial charge in [-0.05, 0) is 19.2 Å². The number of rotatable bonds is 4. The van der Waals surface area contributed by atoms with Crippen molar-refractivity contribution in [3.63, 3.8) is 0 Å². The lowest BCUT2D eigenvalue weighted by Gasteiger charge is -2.12. The standard InChI is InChI=1S/C10H16N4O/c1-11-7-10(15)13-9-5-4-8(6-12-9)14(2)3/h4-6,11H,7H2,1-3H3,(H,12,13,15). The van der Waals surface area contributed by atoms with E-state index in [1.165, 1.54) is 0 Å². The molecule has 0 aliphatic carbocycles. The molecule has 0 radical (unpaired) electrons. The second-order valence-electron chi connectivity index (χ2n) is 3.37. The molecule has 0 aromatic carbocycles. The molecule has 5 nitrogen and oxygen atoms in total. The van der Waals surface area contributed by atoms with Crippen LogP contribution in [0.25, 0.3) is 0 Å². The van der Waals surface area contributed by atoms with Crippen LogP contribution in [0.15, 0.2) is 18.3 Å². The fourth-order valence-electron chi connectivity index (χ4n) is 1.07. The van der Waals surface area contributed by atoms with Crippen LogP contribution in [0.3, 0.4) is 0 Å². The fourth-order valence-corrected chi connectivity index (χ4v) is 1.07. The third-order valence-corrected chi connectivity index (χ3v) is 1.87. The molecule has 15 heavy (non-hydrogen) atoms. The number of likely N-dealkylation sites (N-methyl/N-ethyl adjacent to an activating group) is 1. The summed E-state index contributed by atoms with van der Waals surface area (Å²) >= 11 is 0. The van der Waals surface area contributed by atoms with Gasteiger partial charge in [0.25, 0.3) is 0 Å². The molecule has 0 saturated heterocycles. The van der Waals surface area contributed by atoms with Crippen LogP contribution >= 0.6 is 0 Å². The van der Waals surface area contributed by atoms with Crippen molar-refractivity contribution in [3.8, 4) is 0 Å². The van der Waals surface area contributed by atoms with Crippen molar-refractivity contribution in [1.82, 2.24) is 10.3 Å². The molecule has 0 saturated carbocycles. The third kappa shape index (κ3) is 3.55. The molecule has 5 heteroatoms. The number of hydrogen-bond acceptors (Lipinski definition) is 4. The van der Waals surface area contributed by atoms with E-state index in [4.69, 9.17) is 0 Å². The van der Waals surface area contributed by atoms with E-state index in [2.05, 4.69) is 15.6 Å². The number of amides is 1. The van der Waals surface area contributed by atoms with E-state index in [9.17, 15) is 4.79 Å². The number of carbonyl (C=O) groups excluding carboxylic acids is 1. The van der Waals surface area contributed by atoms with E-state index in [1.807, 2.05) is 25.1 Å². The Morgan fingerprint density at radius 1 is 1.47 bits per heavy atom. The molecule has 0 atom stereocenters. The molecular weight excluding hydrogens is 192 g/mol. The maximum Gasteiger partial charge on any atom is 0.239 e. The largest absolute Gasteiger partial charge is 0.376 e. The van der Waals surface area contributed by atoms with E-state index in [1.54, 1.807) is 19.3 Å². The highest BCUT2D eigenvalue weighted by atomic mass is 16.1. The quantitative estimate of drug-likeness (QED) is 0.747. The highest BCUT2D eigenvalue weighted by molar-refractivity contribution is 5.91. The fraction of sp³-hybridized carbons (Fsp3) is 0.400. The molecule has 0 aliphatic heterocycles. The Hall–Kier alpha value is -1.62. The van der Waals surface area contributed by atoms with Gasteiger partial charge in [0.05, 0.1) is 18.4 Å². The lowest BCUT2D eigenvalue weighted by atomic mass is 10.4. The zero-order valence-corrected chi connectivity index (χ0v) is 9.24. The second kappa shape index (κ2) is 5.31. The van der Waals surface area contributed by atoms with Crippen molar-refractivity contribution >= 4 is 17.4 Å². The molecule has 82 valence electrons. The summed E-state index contributed by atoms with van der Waals surface area (Å²) in [6.07, 6.45) is 1.72. The molecular formula is C10H16N4O. The summed E-state index contributed by atoms with van der Waals surface area (Å²) in [7, 11) is 5.61. The molecule has 1 amide bonds. The summed E-state index contributed by atoms with van der Waals surface area (Å²) in [5.74, 6) is 0.475. The summed E-state index contributed by atoms with van der Waals surface area (Å²) in [6, 6.07) is 3.69. The first kappa shape index (κ1) is 11.5. The number of carbonyl (C=O) groups is 1. The van der Waals surface area contributed by atoms with Crippen LogP contribution in [-0.2, 0) is 4.79 Å². The van der Waals surface area contributed by atoms with Crippen molar-refractivity contribution in [2.24, 2.45) is 0 Å². The Morgan fingerprint density at radius 3 is 2.67 bits per heavy atom. The summed E-state index contributed by atoms with van der Waals surface area (Å²) < 4.78 is 0. The number of aromatic nitrogens is 1. The topological polar surface area (TPSA) is 57.3 Å². The third-order valence-electron chi connectivity index (χ3n) is 1.87. The van der Waals surface area contributed by atoms with Crippen LogP contribution in [0.2, 0.25) is 0 Å². The summed E-state index contributed by atoms with van der Waals surface area (Å²) in [4.78, 5) is 17.3. The minimum Gasteiger partial charge on any atom is -0.376 e. The molecule has 0 fully saturated rings. The van der Waals surface area contributed by atoms with E-state index in [-0.39, 0.29) is 12.5 Å². The zero-order valence-electron chi connectivity index (χ0n) is 9.24. The predicted molar refractivity (Wildman–Crippen MR) is 61.1 cm³/mol. The van der Waals surface area contributed by atoms with Crippen molar-refractivity contribution in [2.45, 2.75) is 0 Å². The molecule has 1 aromatic rings. The number of nitrogens with zero attached hydrogens (tertiary/aromatic N) is 2. The Balaban J connectivity index is 2.60. The number of nitrogens with one attached hydrogen (secondary N) is 2. The van der Waals surface area contributed by atoms with Crippen LogP contribution in [-0.4, -0.2) is 38.6 Å². The summed E-state index contributed by atoms with van der Waals surface area (Å²) in [5, 5.41) is 5.45. The number of hydrogen-bond donors (Lipinski definition) is 2. The first-order chi connectivity index (χ1) is 7.13. The molecule has 0 unspecified atom stereocenters. The van der Waals surface area contributed by atoms with E-state index in [0.29, 0.717) is 5.82 Å². The minimum absolute atomic E-state index is 0.0948. The minimum atomic E-state index is -0.0948. The van der Waals surface area contributed by atoms with Gasteiger partial charge < -0.3 is 15.5 Å². The van der Waals surface area contributed by atoms with Crippen LogP contribution in [0.5, 0.6) is 0 Å². The molecule has 0 aliphatic rings. The maximum atomic E-state index is 11.2. The van der Waals surface area contributed by atoms with Gasteiger partial charge in [-0.2, -0.15) is 0 Å². The average Bonchev–Trinajstić information content (AvgIpc) is 2.18. The van der Waals surface area contributed by atoms with Gasteiger partial charge >= 0.3 is 0 Å². The van der Waals surface area contributed by atoms with Crippen molar-refractivity contribution in [2.75, 3.05) is 37.9 Å². The van der Waals surface area contributed by atoms with Gasteiger partial charge in [-0.3, -0.25) is 4.79 Å². The average molecular weight is 208 g/mol. The monoisotopic (exact) mass is 208 g/mol. The van der Waals surface area contributed by atoms with Crippen LogP contribution in [0.4, 0.5) is 11.5 Å². The first-order valence-corrected chi connectivity index (χ1v) is 4.71. The Labute approximate surface area is 89.5 Å². The lowest BCUT2D eigenvalue weighted by molar-refractivity contribution is -0.115. The van der Waals surface area contributed by atoms with E-state index < -0.39 is 0 Å². The van der Waals surface area contributed by atoms with Crippen molar-refractivity contribution < 1.29 is 4.79 Å². The van der Waals surface area contributed by atoms with E-state index in [0.717, 1.165) is 5.69 Å². The van der Waals surface area contributed by atoms with E-state index >= 15 is 0 Å². The van der Waals surface area contributed by atoms with Crippen LogP contribution < -0.4 is 15.5 Å². The van der Waals surface area contributed by atoms with Gasteiger partial charge in [-0.15, -0.1) is 0 Å². The zero-order chi connectivity index (χ0) is 11.3. The molecule has 0 bridgehead atoms. The molecule has 2 N–H and O–H groups in total. The second-order valence-corrected chi connectivity index (χ2v) is 3.37. The van der Waals surface area contributed by atoms with Gasteiger partial charge in [0.2, 0.25) is 5.91 Å². The van der Waals surface area contributed by atoms with Gasteiger partial charge in [0.1, 0.15) is 5.82 Å². The van der Waals surface area contributed by atoms with Crippen molar-refractivity contribution in [1.29, 1.82) is 0 Å². The molecule has 0 spiro atoms. The van der Waals surface area contributed by atoms with Gasteiger partial charge in [0.15, 0.2) is 0 Å². The molecule has 1 rings (SSSR count). The Bertz CT molecular complexity index is 321. The number of anilines is 2. The predicted octanol–water partition coefficient (Wildman–Crippen LogP) is 0.305. The summed E-state index contributed by atoms with van der Waals surface area (Å²) in [5.41, 5.74) is 1.00. The number of pyridine rings is 1. The summed E-state index contributed by atoms with van der Waals surface area (Å²) in [6.45, 7) is 0.289. The SMILES string of the molecule is CNCC(=O)Nc1ccc(N(C)C)cn1. The lowest BCUT2D eigenvalue weighted by Crippen LogP contribution is -2.25. The Morgan fingerprint density at radius 2 is 2.20 bits per heavy atom. The maximum absolute atomic E-state index is 11.2. The highest BCUT2D eigenvalue weighted by Gasteiger charge is 2.01. The van der Waals surface area contributed by atoms with Crippen LogP contribution in [0, 0.1) is 0 Å². The van der Waals surface area contributed by atoms with Gasteiger partial charge in [-0.25, -0.2) is 4.98 Å². The normalized spacial score (nSPS) is 9.80. The van der Waals surface area contributed by atoms with Gasteiger partial charge in [0, 0.05) is 14.1 Å². The molecule has 1 aromatic heterocycles. The van der Waals surface area contributed by atoms with Crippen molar-refractivity contribution in [3.05, 3.63) is 18.3 Å². The smallest absolute Gasteiger partial charge is 0.239 e. The highest BCUT2D eigenvalue weighted by Crippen LogP contribution is 2.11. The van der Waals surface area contributed by atoms with Crippen LogP contribution in [0.1, 0.15) is 0 Å². The Kier molecular flexibility index (Phi) is 4.05. The van der Waals surface area contributed by atoms with Gasteiger partial charge in [-0.1, -0.05) is 0 Å².